The molecule has 0 spiro atoms. The standard InChI is InChI=1S/C11H22O2/c1-5-9(6-2)7-11(3,4)8-10(12)13/h9H,5-8H2,1-4H3,(H,12,13). The van der Waals surface area contributed by atoms with Crippen LogP contribution in [0.3, 0.4) is 0 Å². The van der Waals surface area contributed by atoms with Gasteiger partial charge in [-0.05, 0) is 17.8 Å². The number of hydrogen-bond acceptors (Lipinski definition) is 1. The van der Waals surface area contributed by atoms with Crippen LogP contribution >= 0.6 is 0 Å². The van der Waals surface area contributed by atoms with Crippen LogP contribution in [-0.4, -0.2) is 11.1 Å². The Balaban J connectivity index is 4.05. The van der Waals surface area contributed by atoms with E-state index in [0.29, 0.717) is 5.92 Å². The second-order valence-corrected chi connectivity index (χ2v) is 4.62. The smallest absolute Gasteiger partial charge is 0.303 e. The van der Waals surface area contributed by atoms with Crippen LogP contribution in [0.2, 0.25) is 0 Å². The molecule has 0 heterocycles. The van der Waals surface area contributed by atoms with Crippen LogP contribution in [0.25, 0.3) is 0 Å². The average Bonchev–Trinajstić information content (AvgIpc) is 1.97. The zero-order valence-corrected chi connectivity index (χ0v) is 9.26. The van der Waals surface area contributed by atoms with Crippen LogP contribution in [-0.2, 0) is 4.79 Å². The first-order valence-electron chi connectivity index (χ1n) is 5.13. The maximum Gasteiger partial charge on any atom is 0.303 e. The molecule has 1 N–H and O–H groups in total. The Bertz CT molecular complexity index is 157. The molecule has 0 amide bonds. The summed E-state index contributed by atoms with van der Waals surface area (Å²) in [5, 5.41) is 8.71. The van der Waals surface area contributed by atoms with Gasteiger partial charge < -0.3 is 5.11 Å². The number of aliphatic carboxylic acids is 1. The summed E-state index contributed by atoms with van der Waals surface area (Å²) in [4.78, 5) is 10.6. The third-order valence-electron chi connectivity index (χ3n) is 2.63. The van der Waals surface area contributed by atoms with E-state index in [1.165, 1.54) is 0 Å². The van der Waals surface area contributed by atoms with E-state index in [4.69, 9.17) is 5.11 Å². The molecule has 13 heavy (non-hydrogen) atoms. The number of carboxylic acids is 1. The molecule has 0 aromatic carbocycles. The van der Waals surface area contributed by atoms with Crippen molar-refractivity contribution < 1.29 is 9.90 Å². The van der Waals surface area contributed by atoms with Gasteiger partial charge in [-0.3, -0.25) is 4.79 Å². The largest absolute Gasteiger partial charge is 0.481 e. The molecule has 0 unspecified atom stereocenters. The molecule has 0 aromatic heterocycles. The Morgan fingerprint density at radius 2 is 1.77 bits per heavy atom. The highest BCUT2D eigenvalue weighted by molar-refractivity contribution is 5.67. The Labute approximate surface area is 81.3 Å². The van der Waals surface area contributed by atoms with Gasteiger partial charge in [-0.2, -0.15) is 0 Å². The van der Waals surface area contributed by atoms with Gasteiger partial charge in [-0.25, -0.2) is 0 Å². The Kier molecular flexibility index (Phi) is 5.04. The molecular formula is C11H22O2. The third kappa shape index (κ3) is 5.67. The third-order valence-corrected chi connectivity index (χ3v) is 2.63. The maximum absolute atomic E-state index is 10.6. The number of carboxylic acid groups (broad SMARTS) is 1. The van der Waals surface area contributed by atoms with E-state index in [0.717, 1.165) is 19.3 Å². The minimum absolute atomic E-state index is 0.0531. The molecule has 0 rings (SSSR count). The van der Waals surface area contributed by atoms with Crippen LogP contribution < -0.4 is 0 Å². The van der Waals surface area contributed by atoms with Crippen LogP contribution in [0.4, 0.5) is 0 Å². The first-order chi connectivity index (χ1) is 5.91. The lowest BCUT2D eigenvalue weighted by Gasteiger charge is -2.27. The first-order valence-corrected chi connectivity index (χ1v) is 5.13. The second kappa shape index (κ2) is 5.25. The van der Waals surface area contributed by atoms with Crippen molar-refractivity contribution in [1.82, 2.24) is 0 Å². The summed E-state index contributed by atoms with van der Waals surface area (Å²) in [7, 11) is 0. The second-order valence-electron chi connectivity index (χ2n) is 4.62. The molecule has 0 saturated carbocycles. The van der Waals surface area contributed by atoms with Gasteiger partial charge in [-0.1, -0.05) is 40.5 Å². The van der Waals surface area contributed by atoms with E-state index in [-0.39, 0.29) is 11.8 Å². The normalized spacial score (nSPS) is 12.1. The van der Waals surface area contributed by atoms with Crippen LogP contribution in [0, 0.1) is 11.3 Å². The number of hydrogen-bond donors (Lipinski definition) is 1. The van der Waals surface area contributed by atoms with Crippen molar-refractivity contribution in [3.63, 3.8) is 0 Å². The molecular weight excluding hydrogens is 164 g/mol. The summed E-state index contributed by atoms with van der Waals surface area (Å²) in [6, 6.07) is 0. The molecule has 0 fully saturated rings. The summed E-state index contributed by atoms with van der Waals surface area (Å²) in [6.07, 6.45) is 3.61. The summed E-state index contributed by atoms with van der Waals surface area (Å²) < 4.78 is 0. The number of rotatable bonds is 6. The van der Waals surface area contributed by atoms with Crippen molar-refractivity contribution in [2.24, 2.45) is 11.3 Å². The molecule has 0 aromatic rings. The summed E-state index contributed by atoms with van der Waals surface area (Å²) >= 11 is 0. The Morgan fingerprint density at radius 3 is 2.08 bits per heavy atom. The van der Waals surface area contributed by atoms with Crippen molar-refractivity contribution in [3.8, 4) is 0 Å². The van der Waals surface area contributed by atoms with Crippen molar-refractivity contribution in [1.29, 1.82) is 0 Å². The summed E-state index contributed by atoms with van der Waals surface area (Å²) in [5.41, 5.74) is -0.0531. The van der Waals surface area contributed by atoms with Gasteiger partial charge in [0.1, 0.15) is 0 Å². The van der Waals surface area contributed by atoms with Crippen molar-refractivity contribution in [3.05, 3.63) is 0 Å². The maximum atomic E-state index is 10.6. The van der Waals surface area contributed by atoms with Crippen molar-refractivity contribution in [2.45, 2.75) is 53.4 Å². The van der Waals surface area contributed by atoms with Gasteiger partial charge >= 0.3 is 5.97 Å². The van der Waals surface area contributed by atoms with Gasteiger partial charge in [-0.15, -0.1) is 0 Å². The topological polar surface area (TPSA) is 37.3 Å². The monoisotopic (exact) mass is 186 g/mol. The molecule has 78 valence electrons. The molecule has 2 heteroatoms. The van der Waals surface area contributed by atoms with Crippen LogP contribution in [0.1, 0.15) is 53.4 Å². The van der Waals surface area contributed by atoms with Crippen molar-refractivity contribution >= 4 is 5.97 Å². The highest BCUT2D eigenvalue weighted by atomic mass is 16.4. The van der Waals surface area contributed by atoms with E-state index in [1.807, 2.05) is 13.8 Å². The van der Waals surface area contributed by atoms with Crippen LogP contribution in [0.15, 0.2) is 0 Å². The molecule has 0 aliphatic carbocycles. The van der Waals surface area contributed by atoms with Crippen molar-refractivity contribution in [2.75, 3.05) is 0 Å². The Morgan fingerprint density at radius 1 is 1.31 bits per heavy atom. The minimum atomic E-state index is -0.684. The fourth-order valence-electron chi connectivity index (χ4n) is 1.84. The fourth-order valence-corrected chi connectivity index (χ4v) is 1.84. The van der Waals surface area contributed by atoms with Gasteiger partial charge in [0.25, 0.3) is 0 Å². The SMILES string of the molecule is CCC(CC)CC(C)(C)CC(=O)O. The number of carbonyl (C=O) groups is 1. The first kappa shape index (κ1) is 12.5. The van der Waals surface area contributed by atoms with Gasteiger partial charge in [0, 0.05) is 0 Å². The fraction of sp³-hybridized carbons (Fsp3) is 0.909. The lowest BCUT2D eigenvalue weighted by atomic mass is 9.78. The zero-order chi connectivity index (χ0) is 10.5. The van der Waals surface area contributed by atoms with E-state index in [2.05, 4.69) is 13.8 Å². The summed E-state index contributed by atoms with van der Waals surface area (Å²) in [6.45, 7) is 8.43. The molecule has 0 atom stereocenters. The molecule has 0 aliphatic rings. The highest BCUT2D eigenvalue weighted by Gasteiger charge is 2.24. The van der Waals surface area contributed by atoms with Crippen LogP contribution in [0.5, 0.6) is 0 Å². The van der Waals surface area contributed by atoms with Gasteiger partial charge in [0.15, 0.2) is 0 Å². The van der Waals surface area contributed by atoms with Gasteiger partial charge in [0.2, 0.25) is 0 Å². The van der Waals surface area contributed by atoms with Gasteiger partial charge in [0.05, 0.1) is 6.42 Å². The van der Waals surface area contributed by atoms with E-state index >= 15 is 0 Å². The highest BCUT2D eigenvalue weighted by Crippen LogP contribution is 2.31. The lowest BCUT2D eigenvalue weighted by molar-refractivity contribution is -0.139. The molecule has 0 aliphatic heterocycles. The summed E-state index contributed by atoms with van der Waals surface area (Å²) in [5.74, 6) is -0.00898. The minimum Gasteiger partial charge on any atom is -0.481 e. The molecule has 0 saturated heterocycles. The quantitative estimate of drug-likeness (QED) is 0.691. The molecule has 0 radical (unpaired) electrons. The Hall–Kier alpha value is -0.530. The zero-order valence-electron chi connectivity index (χ0n) is 9.26. The van der Waals surface area contributed by atoms with E-state index in [9.17, 15) is 4.79 Å². The predicted molar refractivity (Wildman–Crippen MR) is 54.7 cm³/mol. The predicted octanol–water partition coefficient (Wildman–Crippen LogP) is 3.31. The average molecular weight is 186 g/mol. The lowest BCUT2D eigenvalue weighted by Crippen LogP contribution is -2.20. The van der Waals surface area contributed by atoms with E-state index < -0.39 is 5.97 Å². The molecule has 0 bridgehead atoms. The van der Waals surface area contributed by atoms with E-state index in [1.54, 1.807) is 0 Å². The molecule has 2 nitrogen and oxygen atoms in total.